The van der Waals surface area contributed by atoms with E-state index in [9.17, 15) is 14.4 Å². The van der Waals surface area contributed by atoms with E-state index in [-0.39, 0.29) is 24.3 Å². The second-order valence-electron chi connectivity index (χ2n) is 5.26. The molecule has 8 nitrogen and oxygen atoms in total. The number of carbonyl (C=O) groups is 3. The number of amides is 2. The van der Waals surface area contributed by atoms with E-state index >= 15 is 0 Å². The highest BCUT2D eigenvalue weighted by atomic mass is 32.1. The van der Waals surface area contributed by atoms with Crippen LogP contribution in [0, 0.1) is 0 Å². The minimum absolute atomic E-state index is 0.0921. The summed E-state index contributed by atoms with van der Waals surface area (Å²) in [6, 6.07) is 8.12. The third-order valence-corrected chi connectivity index (χ3v) is 4.22. The predicted octanol–water partition coefficient (Wildman–Crippen LogP) is 1.44. The number of thiophene rings is 1. The van der Waals surface area contributed by atoms with Crippen molar-refractivity contribution in [1.82, 2.24) is 0 Å². The van der Waals surface area contributed by atoms with E-state index in [0.29, 0.717) is 10.7 Å². The molecule has 1 heterocycles. The number of ether oxygens (including phenoxy) is 1. The first kappa shape index (κ1) is 19.4. The lowest BCUT2D eigenvalue weighted by molar-refractivity contribution is -0.123. The summed E-state index contributed by atoms with van der Waals surface area (Å²) in [6.07, 6.45) is -1.09. The Morgan fingerprint density at radius 2 is 1.96 bits per heavy atom. The molecule has 0 unspecified atom stereocenters. The van der Waals surface area contributed by atoms with E-state index in [0.717, 1.165) is 11.3 Å². The number of rotatable bonds is 8. The first-order chi connectivity index (χ1) is 12.4. The summed E-state index contributed by atoms with van der Waals surface area (Å²) in [5, 5.41) is 16.2. The highest BCUT2D eigenvalue weighted by Gasteiger charge is 2.22. The molecule has 2 amide bonds. The second-order valence-corrected chi connectivity index (χ2v) is 6.18. The summed E-state index contributed by atoms with van der Waals surface area (Å²) in [5.74, 6) is -1.92. The molecule has 0 aliphatic carbocycles. The van der Waals surface area contributed by atoms with E-state index in [1.54, 1.807) is 29.6 Å². The normalized spacial score (nSPS) is 11.5. The van der Waals surface area contributed by atoms with Crippen LogP contribution in [-0.2, 0) is 9.53 Å². The molecule has 1 atom stereocenters. The van der Waals surface area contributed by atoms with Crippen LogP contribution in [0.5, 0.6) is 0 Å². The van der Waals surface area contributed by atoms with Gasteiger partial charge in [-0.1, -0.05) is 12.1 Å². The Morgan fingerprint density at radius 3 is 2.65 bits per heavy atom. The second kappa shape index (κ2) is 8.97. The summed E-state index contributed by atoms with van der Waals surface area (Å²) >= 11 is 1.14. The molecule has 0 aliphatic rings. The van der Waals surface area contributed by atoms with E-state index in [1.165, 1.54) is 13.0 Å². The number of aliphatic hydroxyl groups excluding tert-OH is 1. The van der Waals surface area contributed by atoms with Crippen LogP contribution in [-0.4, -0.2) is 42.1 Å². The average Bonchev–Trinajstić information content (AvgIpc) is 3.08. The van der Waals surface area contributed by atoms with Gasteiger partial charge in [-0.25, -0.2) is 4.79 Å². The van der Waals surface area contributed by atoms with Gasteiger partial charge in [-0.05, 0) is 30.5 Å². The van der Waals surface area contributed by atoms with Crippen molar-refractivity contribution < 1.29 is 24.2 Å². The molecule has 2 aromatic rings. The molecule has 0 aliphatic heterocycles. The first-order valence-electron chi connectivity index (χ1n) is 7.77. The third kappa shape index (κ3) is 4.80. The molecular formula is C17H19N3O5S. The van der Waals surface area contributed by atoms with Gasteiger partial charge in [-0.3, -0.25) is 9.59 Å². The zero-order valence-electron chi connectivity index (χ0n) is 14.0. The number of carbonyl (C=O) groups excluding carboxylic acids is 3. The average molecular weight is 377 g/mol. The minimum Gasteiger partial charge on any atom is -0.449 e. The molecule has 0 fully saturated rings. The van der Waals surface area contributed by atoms with Crippen molar-refractivity contribution in [3.63, 3.8) is 0 Å². The van der Waals surface area contributed by atoms with Gasteiger partial charge in [-0.2, -0.15) is 0 Å². The molecule has 1 aromatic carbocycles. The molecule has 0 radical (unpaired) electrons. The smallest absolute Gasteiger partial charge is 0.341 e. The molecule has 9 heteroatoms. The molecule has 5 N–H and O–H groups in total. The SMILES string of the molecule is C[C@@H](OC(=O)c1ccccc1NCCO)C(=O)Nc1sccc1C(N)=O. The highest BCUT2D eigenvalue weighted by Crippen LogP contribution is 2.23. The van der Waals surface area contributed by atoms with Crippen molar-refractivity contribution in [2.75, 3.05) is 23.8 Å². The van der Waals surface area contributed by atoms with Crippen LogP contribution in [0.15, 0.2) is 35.7 Å². The van der Waals surface area contributed by atoms with E-state index in [4.69, 9.17) is 15.6 Å². The number of para-hydroxylation sites is 1. The van der Waals surface area contributed by atoms with Crippen molar-refractivity contribution in [1.29, 1.82) is 0 Å². The Hall–Kier alpha value is -2.91. The van der Waals surface area contributed by atoms with Crippen LogP contribution in [0.1, 0.15) is 27.6 Å². The Morgan fingerprint density at radius 1 is 1.23 bits per heavy atom. The lowest BCUT2D eigenvalue weighted by Crippen LogP contribution is -2.30. The minimum atomic E-state index is -1.09. The number of nitrogens with two attached hydrogens (primary N) is 1. The summed E-state index contributed by atoms with van der Waals surface area (Å²) in [5.41, 5.74) is 6.16. The number of benzene rings is 1. The Kier molecular flexibility index (Phi) is 6.70. The molecule has 0 bridgehead atoms. The van der Waals surface area contributed by atoms with Gasteiger partial charge in [-0.15, -0.1) is 11.3 Å². The lowest BCUT2D eigenvalue weighted by Gasteiger charge is -2.15. The maximum atomic E-state index is 12.3. The van der Waals surface area contributed by atoms with Crippen molar-refractivity contribution in [2.45, 2.75) is 13.0 Å². The van der Waals surface area contributed by atoms with Crippen LogP contribution in [0.2, 0.25) is 0 Å². The molecule has 138 valence electrons. The van der Waals surface area contributed by atoms with Crippen LogP contribution < -0.4 is 16.4 Å². The Labute approximate surface area is 154 Å². The van der Waals surface area contributed by atoms with Gasteiger partial charge in [0.2, 0.25) is 0 Å². The first-order valence-corrected chi connectivity index (χ1v) is 8.65. The van der Waals surface area contributed by atoms with E-state index in [2.05, 4.69) is 10.6 Å². The van der Waals surface area contributed by atoms with Crippen molar-refractivity contribution >= 4 is 39.8 Å². The summed E-state index contributed by atoms with van der Waals surface area (Å²) in [6.45, 7) is 1.61. The van der Waals surface area contributed by atoms with Crippen LogP contribution in [0.4, 0.5) is 10.7 Å². The highest BCUT2D eigenvalue weighted by molar-refractivity contribution is 7.14. The topological polar surface area (TPSA) is 131 Å². The number of primary amides is 1. The molecule has 26 heavy (non-hydrogen) atoms. The Balaban J connectivity index is 2.03. The number of anilines is 2. The zero-order chi connectivity index (χ0) is 19.1. The maximum absolute atomic E-state index is 12.3. The van der Waals surface area contributed by atoms with Gasteiger partial charge in [0.25, 0.3) is 11.8 Å². The quantitative estimate of drug-likeness (QED) is 0.515. The number of esters is 1. The number of hydrogen-bond donors (Lipinski definition) is 4. The fourth-order valence-corrected chi connectivity index (χ4v) is 2.89. The largest absolute Gasteiger partial charge is 0.449 e. The van der Waals surface area contributed by atoms with Crippen molar-refractivity contribution in [2.24, 2.45) is 5.73 Å². The monoisotopic (exact) mass is 377 g/mol. The molecule has 2 rings (SSSR count). The lowest BCUT2D eigenvalue weighted by atomic mass is 10.1. The fraction of sp³-hybridized carbons (Fsp3) is 0.235. The third-order valence-electron chi connectivity index (χ3n) is 3.39. The van der Waals surface area contributed by atoms with Gasteiger partial charge < -0.3 is 26.2 Å². The van der Waals surface area contributed by atoms with Gasteiger partial charge in [0, 0.05) is 12.2 Å². The molecular weight excluding hydrogens is 358 g/mol. The van der Waals surface area contributed by atoms with Crippen molar-refractivity contribution in [3.8, 4) is 0 Å². The van der Waals surface area contributed by atoms with E-state index in [1.807, 2.05) is 0 Å². The van der Waals surface area contributed by atoms with Crippen LogP contribution >= 0.6 is 11.3 Å². The zero-order valence-corrected chi connectivity index (χ0v) is 14.8. The molecule has 0 saturated carbocycles. The van der Waals surface area contributed by atoms with Gasteiger partial charge in [0.1, 0.15) is 5.00 Å². The summed E-state index contributed by atoms with van der Waals surface area (Å²) in [4.78, 5) is 35.9. The van der Waals surface area contributed by atoms with Gasteiger partial charge in [0.15, 0.2) is 6.10 Å². The predicted molar refractivity (Wildman–Crippen MR) is 98.4 cm³/mol. The number of nitrogens with one attached hydrogen (secondary N) is 2. The van der Waals surface area contributed by atoms with Crippen LogP contribution in [0.25, 0.3) is 0 Å². The van der Waals surface area contributed by atoms with Gasteiger partial charge in [0.05, 0.1) is 17.7 Å². The van der Waals surface area contributed by atoms with Crippen molar-refractivity contribution in [3.05, 3.63) is 46.8 Å². The fourth-order valence-electron chi connectivity index (χ4n) is 2.10. The number of aliphatic hydroxyl groups is 1. The standard InChI is InChI=1S/C17H19N3O5S/c1-10(15(23)20-16-12(14(18)22)6-9-26-16)25-17(24)11-4-2-3-5-13(11)19-7-8-21/h2-6,9-10,19,21H,7-8H2,1H3,(H2,18,22)(H,20,23)/t10-/m1/s1. The molecule has 0 spiro atoms. The summed E-state index contributed by atoms with van der Waals surface area (Å²) < 4.78 is 5.20. The maximum Gasteiger partial charge on any atom is 0.341 e. The number of hydrogen-bond acceptors (Lipinski definition) is 7. The van der Waals surface area contributed by atoms with E-state index < -0.39 is 23.9 Å². The summed E-state index contributed by atoms with van der Waals surface area (Å²) in [7, 11) is 0. The molecule has 0 saturated heterocycles. The Bertz CT molecular complexity index is 805. The van der Waals surface area contributed by atoms with Gasteiger partial charge >= 0.3 is 5.97 Å². The molecule has 1 aromatic heterocycles. The van der Waals surface area contributed by atoms with Crippen LogP contribution in [0.3, 0.4) is 0 Å².